The summed E-state index contributed by atoms with van der Waals surface area (Å²) in [5.41, 5.74) is 4.60. The minimum atomic E-state index is -0.983. The van der Waals surface area contributed by atoms with Gasteiger partial charge in [-0.05, 0) is 34.6 Å². The number of aliphatic carboxylic acids is 1. The van der Waals surface area contributed by atoms with Gasteiger partial charge in [-0.15, -0.1) is 0 Å². The van der Waals surface area contributed by atoms with Gasteiger partial charge in [0.2, 0.25) is 5.91 Å². The molecule has 2 aliphatic carbocycles. The average Bonchev–Trinajstić information content (AvgIpc) is 3.46. The zero-order valence-corrected chi connectivity index (χ0v) is 19.4. The molecule has 2 fully saturated rings. The number of nitrogens with one attached hydrogen (secondary N) is 2. The Labute approximate surface area is 204 Å². The molecule has 5 rings (SSSR count). The Bertz CT molecular complexity index is 1070. The van der Waals surface area contributed by atoms with Crippen molar-refractivity contribution in [3.63, 3.8) is 0 Å². The van der Waals surface area contributed by atoms with Crippen LogP contribution in [0.1, 0.15) is 36.3 Å². The molecule has 2 aromatic carbocycles. The zero-order valence-electron chi connectivity index (χ0n) is 19.4. The van der Waals surface area contributed by atoms with Crippen LogP contribution < -0.4 is 10.6 Å². The van der Waals surface area contributed by atoms with E-state index in [-0.39, 0.29) is 38.2 Å². The molecular formula is C27H30N2O6. The summed E-state index contributed by atoms with van der Waals surface area (Å²) in [4.78, 5) is 36.9. The van der Waals surface area contributed by atoms with Gasteiger partial charge in [-0.3, -0.25) is 9.59 Å². The summed E-state index contributed by atoms with van der Waals surface area (Å²) in [6, 6.07) is 15.7. The van der Waals surface area contributed by atoms with Crippen molar-refractivity contribution >= 4 is 18.0 Å². The fourth-order valence-corrected chi connectivity index (χ4v) is 5.14. The Morgan fingerprint density at radius 3 is 2.29 bits per heavy atom. The molecule has 0 aromatic heterocycles. The molecule has 8 heteroatoms. The van der Waals surface area contributed by atoms with Gasteiger partial charge in [-0.25, -0.2) is 4.79 Å². The molecule has 0 radical (unpaired) electrons. The van der Waals surface area contributed by atoms with Crippen LogP contribution in [-0.4, -0.2) is 55.5 Å². The maximum Gasteiger partial charge on any atom is 0.407 e. The van der Waals surface area contributed by atoms with Crippen LogP contribution in [0.4, 0.5) is 4.79 Å². The SMILES string of the molecule is O=C(NCC(CC1CC1)C(=O)NC1COCC1C(=O)O)OCC1c2ccccc2-c2ccccc21. The average molecular weight is 479 g/mol. The van der Waals surface area contributed by atoms with E-state index in [4.69, 9.17) is 9.47 Å². The molecule has 35 heavy (non-hydrogen) atoms. The Balaban J connectivity index is 1.17. The Kier molecular flexibility index (Phi) is 6.72. The lowest BCUT2D eigenvalue weighted by Gasteiger charge is -2.22. The molecule has 0 spiro atoms. The van der Waals surface area contributed by atoms with Crippen molar-refractivity contribution in [1.82, 2.24) is 10.6 Å². The molecule has 3 N–H and O–H groups in total. The van der Waals surface area contributed by atoms with Gasteiger partial charge in [0.1, 0.15) is 12.5 Å². The highest BCUT2D eigenvalue weighted by molar-refractivity contribution is 5.82. The third-order valence-corrected chi connectivity index (χ3v) is 7.25. The van der Waals surface area contributed by atoms with Crippen LogP contribution in [0.3, 0.4) is 0 Å². The molecule has 3 aliphatic rings. The molecule has 8 nitrogen and oxygen atoms in total. The van der Waals surface area contributed by atoms with Crippen molar-refractivity contribution in [2.45, 2.75) is 31.2 Å². The Morgan fingerprint density at radius 1 is 1.00 bits per heavy atom. The number of carboxylic acid groups (broad SMARTS) is 1. The van der Waals surface area contributed by atoms with Crippen LogP contribution in [0.2, 0.25) is 0 Å². The van der Waals surface area contributed by atoms with E-state index in [9.17, 15) is 19.5 Å². The van der Waals surface area contributed by atoms with Crippen molar-refractivity contribution in [3.8, 4) is 11.1 Å². The number of carbonyl (C=O) groups excluding carboxylic acids is 2. The van der Waals surface area contributed by atoms with Gasteiger partial charge in [0.15, 0.2) is 0 Å². The molecule has 1 saturated heterocycles. The summed E-state index contributed by atoms with van der Waals surface area (Å²) in [7, 11) is 0. The van der Waals surface area contributed by atoms with Gasteiger partial charge in [-0.2, -0.15) is 0 Å². The third kappa shape index (κ3) is 5.17. The molecule has 1 heterocycles. The lowest BCUT2D eigenvalue weighted by atomic mass is 9.98. The topological polar surface area (TPSA) is 114 Å². The second-order valence-corrected chi connectivity index (χ2v) is 9.68. The summed E-state index contributed by atoms with van der Waals surface area (Å²) in [6.45, 7) is 0.619. The number of carboxylic acids is 1. The van der Waals surface area contributed by atoms with E-state index in [2.05, 4.69) is 34.9 Å². The van der Waals surface area contributed by atoms with Gasteiger partial charge in [0.25, 0.3) is 0 Å². The maximum absolute atomic E-state index is 12.9. The molecule has 0 bridgehead atoms. The van der Waals surface area contributed by atoms with Crippen molar-refractivity contribution in [3.05, 3.63) is 59.7 Å². The van der Waals surface area contributed by atoms with Crippen LogP contribution >= 0.6 is 0 Å². The first kappa shape index (κ1) is 23.4. The number of alkyl carbamates (subject to hydrolysis) is 1. The molecule has 2 amide bonds. The van der Waals surface area contributed by atoms with E-state index in [1.807, 2.05) is 24.3 Å². The number of ether oxygens (including phenoxy) is 2. The number of hydrogen-bond acceptors (Lipinski definition) is 5. The second kappa shape index (κ2) is 10.1. The van der Waals surface area contributed by atoms with Crippen molar-refractivity contribution in [2.24, 2.45) is 17.8 Å². The standard InChI is InChI=1S/C27H30N2O6/c30-25(29-24-15-34-13-23(24)26(31)32)17(11-16-9-10-16)12-28-27(33)35-14-22-20-7-3-1-5-18(20)19-6-2-4-8-21(19)22/h1-8,16-17,22-24H,9-15H2,(H,28,33)(H,29,30)(H,31,32). The third-order valence-electron chi connectivity index (χ3n) is 7.25. The normalized spacial score (nSPS) is 21.6. The molecule has 3 unspecified atom stereocenters. The first-order valence-electron chi connectivity index (χ1n) is 12.2. The number of benzene rings is 2. The van der Waals surface area contributed by atoms with Crippen LogP contribution in [0.25, 0.3) is 11.1 Å². The predicted octanol–water partition coefficient (Wildman–Crippen LogP) is 3.16. The molecule has 3 atom stereocenters. The molecule has 2 aromatic rings. The minimum Gasteiger partial charge on any atom is -0.481 e. The molecular weight excluding hydrogens is 448 g/mol. The highest BCUT2D eigenvalue weighted by Crippen LogP contribution is 2.44. The number of fused-ring (bicyclic) bond motifs is 3. The summed E-state index contributed by atoms with van der Waals surface area (Å²) in [5.74, 6) is -2.01. The van der Waals surface area contributed by atoms with Crippen LogP contribution in [-0.2, 0) is 19.1 Å². The van der Waals surface area contributed by atoms with E-state index in [0.717, 1.165) is 35.1 Å². The summed E-state index contributed by atoms with van der Waals surface area (Å²) in [5, 5.41) is 14.9. The fraction of sp³-hybridized carbons (Fsp3) is 0.444. The first-order chi connectivity index (χ1) is 17.0. The quantitative estimate of drug-likeness (QED) is 0.510. The first-order valence-corrected chi connectivity index (χ1v) is 12.2. The van der Waals surface area contributed by atoms with Gasteiger partial charge in [-0.1, -0.05) is 61.4 Å². The number of amides is 2. The summed E-state index contributed by atoms with van der Waals surface area (Å²) >= 11 is 0. The minimum absolute atomic E-state index is 0.0333. The molecule has 1 aliphatic heterocycles. The van der Waals surface area contributed by atoms with Crippen molar-refractivity contribution in [2.75, 3.05) is 26.4 Å². The lowest BCUT2D eigenvalue weighted by Crippen LogP contribution is -2.47. The van der Waals surface area contributed by atoms with Crippen LogP contribution in [0.15, 0.2) is 48.5 Å². The van der Waals surface area contributed by atoms with Gasteiger partial charge >= 0.3 is 12.1 Å². The van der Waals surface area contributed by atoms with Gasteiger partial charge < -0.3 is 25.2 Å². The summed E-state index contributed by atoms with van der Waals surface area (Å²) < 4.78 is 10.8. The van der Waals surface area contributed by atoms with Gasteiger partial charge in [0, 0.05) is 12.5 Å². The van der Waals surface area contributed by atoms with E-state index in [1.165, 1.54) is 0 Å². The smallest absolute Gasteiger partial charge is 0.407 e. The lowest BCUT2D eigenvalue weighted by molar-refractivity contribution is -0.142. The van der Waals surface area contributed by atoms with Crippen LogP contribution in [0, 0.1) is 17.8 Å². The number of rotatable bonds is 9. The largest absolute Gasteiger partial charge is 0.481 e. The van der Waals surface area contributed by atoms with E-state index in [0.29, 0.717) is 12.3 Å². The van der Waals surface area contributed by atoms with Crippen molar-refractivity contribution < 1.29 is 29.0 Å². The highest BCUT2D eigenvalue weighted by Gasteiger charge is 2.37. The second-order valence-electron chi connectivity index (χ2n) is 9.68. The maximum atomic E-state index is 12.9. The number of carbonyl (C=O) groups is 3. The monoisotopic (exact) mass is 478 g/mol. The predicted molar refractivity (Wildman–Crippen MR) is 128 cm³/mol. The van der Waals surface area contributed by atoms with E-state index < -0.39 is 29.9 Å². The summed E-state index contributed by atoms with van der Waals surface area (Å²) in [6.07, 6.45) is 2.23. The molecule has 184 valence electrons. The Morgan fingerprint density at radius 2 is 1.66 bits per heavy atom. The van der Waals surface area contributed by atoms with E-state index >= 15 is 0 Å². The Hall–Kier alpha value is -3.39. The van der Waals surface area contributed by atoms with Crippen LogP contribution in [0.5, 0.6) is 0 Å². The van der Waals surface area contributed by atoms with Gasteiger partial charge in [0.05, 0.1) is 25.2 Å². The molecule has 1 saturated carbocycles. The van der Waals surface area contributed by atoms with Crippen molar-refractivity contribution in [1.29, 1.82) is 0 Å². The zero-order chi connectivity index (χ0) is 24.4. The fourth-order valence-electron chi connectivity index (χ4n) is 5.14. The highest BCUT2D eigenvalue weighted by atomic mass is 16.5. The number of hydrogen-bond donors (Lipinski definition) is 3. The van der Waals surface area contributed by atoms with E-state index in [1.54, 1.807) is 0 Å².